The molecule has 3 nitrogen and oxygen atoms in total. The first kappa shape index (κ1) is 19.0. The van der Waals surface area contributed by atoms with Gasteiger partial charge in [0.15, 0.2) is 11.5 Å². The minimum absolute atomic E-state index is 0.0156. The predicted molar refractivity (Wildman–Crippen MR) is 81.7 cm³/mol. The van der Waals surface area contributed by atoms with Crippen LogP contribution in [-0.2, 0) is 6.61 Å². The number of ether oxygens (including phenoxy) is 2. The fraction of sp³-hybridized carbons (Fsp3) is 0.294. The quantitative estimate of drug-likeness (QED) is 0.772. The van der Waals surface area contributed by atoms with Gasteiger partial charge in [-0.3, -0.25) is 0 Å². The first-order chi connectivity index (χ1) is 11.7. The van der Waals surface area contributed by atoms with Crippen LogP contribution < -0.4 is 15.2 Å². The third-order valence-electron chi connectivity index (χ3n) is 3.55. The van der Waals surface area contributed by atoms with E-state index in [2.05, 4.69) is 0 Å². The number of nitrogens with two attached hydrogens (primary N) is 1. The molecule has 2 aromatic rings. The van der Waals surface area contributed by atoms with E-state index < -0.39 is 23.7 Å². The zero-order chi connectivity index (χ0) is 18.7. The van der Waals surface area contributed by atoms with E-state index in [-0.39, 0.29) is 18.1 Å². The molecule has 0 bridgehead atoms. The van der Waals surface area contributed by atoms with Crippen LogP contribution >= 0.6 is 0 Å². The van der Waals surface area contributed by atoms with Gasteiger partial charge in [-0.05, 0) is 23.3 Å². The van der Waals surface area contributed by atoms with Crippen LogP contribution in [0.2, 0.25) is 0 Å². The molecular weight excluding hydrogens is 345 g/mol. The van der Waals surface area contributed by atoms with Gasteiger partial charge in [-0.1, -0.05) is 36.4 Å². The minimum atomic E-state index is -5.75. The molecule has 0 saturated heterocycles. The molecule has 0 amide bonds. The summed E-state index contributed by atoms with van der Waals surface area (Å²) in [6.45, 7) is 0.182. The van der Waals surface area contributed by atoms with Crippen molar-refractivity contribution in [2.45, 2.75) is 24.7 Å². The maximum atomic E-state index is 13.4. The van der Waals surface area contributed by atoms with Crippen molar-refractivity contribution in [1.82, 2.24) is 0 Å². The lowest BCUT2D eigenvalue weighted by Gasteiger charge is -2.26. The summed E-state index contributed by atoms with van der Waals surface area (Å²) in [6.07, 6.45) is -5.75. The van der Waals surface area contributed by atoms with Crippen LogP contribution in [0.15, 0.2) is 48.5 Å². The Kier molecular flexibility index (Phi) is 5.52. The van der Waals surface area contributed by atoms with E-state index in [1.165, 1.54) is 13.2 Å². The standard InChI is InChI=1S/C17H16F5NO2/c1-24-14-9-12(15(23)16(18,19)17(20,21)22)7-8-13(14)25-10-11-5-3-2-4-6-11/h2-9,15H,10,23H2,1H3/t15-/m0/s1. The van der Waals surface area contributed by atoms with Crippen LogP contribution in [0.5, 0.6) is 11.5 Å². The number of rotatable bonds is 6. The summed E-state index contributed by atoms with van der Waals surface area (Å²) in [5, 5.41) is 0. The molecule has 136 valence electrons. The van der Waals surface area contributed by atoms with Crippen molar-refractivity contribution in [2.24, 2.45) is 5.73 Å². The Bertz CT molecular complexity index is 704. The number of alkyl halides is 5. The molecular formula is C17H16F5NO2. The molecule has 1 atom stereocenters. The van der Waals surface area contributed by atoms with Gasteiger partial charge in [0.1, 0.15) is 12.6 Å². The fourth-order valence-electron chi connectivity index (χ4n) is 2.12. The summed E-state index contributed by atoms with van der Waals surface area (Å²) >= 11 is 0. The monoisotopic (exact) mass is 361 g/mol. The first-order valence-corrected chi connectivity index (χ1v) is 7.21. The lowest BCUT2D eigenvalue weighted by Crippen LogP contribution is -2.45. The van der Waals surface area contributed by atoms with Crippen molar-refractivity contribution >= 4 is 0 Å². The number of hydrogen-bond acceptors (Lipinski definition) is 3. The zero-order valence-electron chi connectivity index (χ0n) is 13.2. The van der Waals surface area contributed by atoms with E-state index in [1.54, 1.807) is 0 Å². The van der Waals surface area contributed by atoms with Crippen LogP contribution in [0, 0.1) is 0 Å². The molecule has 25 heavy (non-hydrogen) atoms. The first-order valence-electron chi connectivity index (χ1n) is 7.21. The number of hydrogen-bond donors (Lipinski definition) is 1. The van der Waals surface area contributed by atoms with E-state index in [1.807, 2.05) is 30.3 Å². The highest BCUT2D eigenvalue weighted by Gasteiger charge is 2.61. The molecule has 0 unspecified atom stereocenters. The summed E-state index contributed by atoms with van der Waals surface area (Å²) in [7, 11) is 1.25. The molecule has 0 saturated carbocycles. The maximum absolute atomic E-state index is 13.4. The lowest BCUT2D eigenvalue weighted by molar-refractivity contribution is -0.291. The topological polar surface area (TPSA) is 44.5 Å². The average Bonchev–Trinajstić information content (AvgIpc) is 2.59. The van der Waals surface area contributed by atoms with Gasteiger partial charge in [-0.15, -0.1) is 0 Å². The average molecular weight is 361 g/mol. The zero-order valence-corrected chi connectivity index (χ0v) is 13.2. The van der Waals surface area contributed by atoms with Crippen molar-refractivity contribution in [3.05, 3.63) is 59.7 Å². The van der Waals surface area contributed by atoms with Gasteiger partial charge in [0.2, 0.25) is 0 Å². The highest BCUT2D eigenvalue weighted by Crippen LogP contribution is 2.44. The molecule has 0 spiro atoms. The molecule has 0 heterocycles. The summed E-state index contributed by atoms with van der Waals surface area (Å²) in [6, 6.07) is 9.89. The molecule has 0 aromatic heterocycles. The highest BCUT2D eigenvalue weighted by molar-refractivity contribution is 5.44. The van der Waals surface area contributed by atoms with E-state index >= 15 is 0 Å². The van der Waals surface area contributed by atoms with Gasteiger partial charge in [-0.2, -0.15) is 22.0 Å². The van der Waals surface area contributed by atoms with Crippen molar-refractivity contribution in [3.8, 4) is 11.5 Å². The third-order valence-corrected chi connectivity index (χ3v) is 3.55. The van der Waals surface area contributed by atoms with Gasteiger partial charge < -0.3 is 15.2 Å². The Morgan fingerprint density at radius 3 is 2.16 bits per heavy atom. The van der Waals surface area contributed by atoms with Crippen LogP contribution in [0.4, 0.5) is 22.0 Å². The van der Waals surface area contributed by atoms with E-state index in [0.717, 1.165) is 17.7 Å². The van der Waals surface area contributed by atoms with Crippen molar-refractivity contribution < 1.29 is 31.4 Å². The summed E-state index contributed by atoms with van der Waals surface area (Å²) in [5.74, 6) is -4.84. The number of halogens is 5. The van der Waals surface area contributed by atoms with Crippen molar-refractivity contribution in [1.29, 1.82) is 0 Å². The van der Waals surface area contributed by atoms with Crippen molar-refractivity contribution in [3.63, 3.8) is 0 Å². The smallest absolute Gasteiger partial charge is 0.455 e. The minimum Gasteiger partial charge on any atom is -0.493 e. The molecule has 2 N–H and O–H groups in total. The van der Waals surface area contributed by atoms with Gasteiger partial charge in [0, 0.05) is 0 Å². The van der Waals surface area contributed by atoms with Gasteiger partial charge in [0.05, 0.1) is 7.11 Å². The number of benzene rings is 2. The molecule has 0 aliphatic rings. The lowest BCUT2D eigenvalue weighted by atomic mass is 10.0. The molecule has 0 aliphatic carbocycles. The largest absolute Gasteiger partial charge is 0.493 e. The van der Waals surface area contributed by atoms with Gasteiger partial charge in [0.25, 0.3) is 0 Å². The molecule has 2 rings (SSSR count). The Labute approximate surface area is 141 Å². The van der Waals surface area contributed by atoms with Crippen molar-refractivity contribution in [2.75, 3.05) is 7.11 Å². The van der Waals surface area contributed by atoms with E-state index in [9.17, 15) is 22.0 Å². The Morgan fingerprint density at radius 2 is 1.60 bits per heavy atom. The second-order valence-corrected chi connectivity index (χ2v) is 5.28. The van der Waals surface area contributed by atoms with Crippen LogP contribution in [-0.4, -0.2) is 19.2 Å². The molecule has 0 fully saturated rings. The summed E-state index contributed by atoms with van der Waals surface area (Å²) in [5.41, 5.74) is 5.58. The summed E-state index contributed by atoms with van der Waals surface area (Å²) in [4.78, 5) is 0. The second-order valence-electron chi connectivity index (χ2n) is 5.28. The van der Waals surface area contributed by atoms with E-state index in [4.69, 9.17) is 15.2 Å². The Balaban J connectivity index is 2.21. The Morgan fingerprint density at radius 1 is 0.960 bits per heavy atom. The molecule has 0 aliphatic heterocycles. The molecule has 2 aromatic carbocycles. The van der Waals surface area contributed by atoms with Gasteiger partial charge >= 0.3 is 12.1 Å². The third kappa shape index (κ3) is 4.19. The number of methoxy groups -OCH3 is 1. The maximum Gasteiger partial charge on any atom is 0.455 e. The van der Waals surface area contributed by atoms with E-state index in [0.29, 0.717) is 0 Å². The second kappa shape index (κ2) is 7.26. The van der Waals surface area contributed by atoms with Crippen LogP contribution in [0.3, 0.4) is 0 Å². The summed E-state index contributed by atoms with van der Waals surface area (Å²) < 4.78 is 74.7. The molecule has 8 heteroatoms. The van der Waals surface area contributed by atoms with Crippen LogP contribution in [0.25, 0.3) is 0 Å². The Hall–Kier alpha value is -2.35. The highest BCUT2D eigenvalue weighted by atomic mass is 19.4. The molecule has 0 radical (unpaired) electrons. The van der Waals surface area contributed by atoms with Crippen LogP contribution in [0.1, 0.15) is 17.2 Å². The van der Waals surface area contributed by atoms with Gasteiger partial charge in [-0.25, -0.2) is 0 Å². The predicted octanol–water partition coefficient (Wildman–Crippen LogP) is 4.47. The fourth-order valence-corrected chi connectivity index (χ4v) is 2.12. The normalized spacial score (nSPS) is 13.4. The SMILES string of the molecule is COc1cc([C@H](N)C(F)(F)C(F)(F)F)ccc1OCc1ccccc1.